The van der Waals surface area contributed by atoms with E-state index in [-0.39, 0.29) is 17.5 Å². The number of fused-ring (bicyclic) bond motifs is 2. The summed E-state index contributed by atoms with van der Waals surface area (Å²) in [5.41, 5.74) is 2.38. The first-order chi connectivity index (χ1) is 13.9. The lowest BCUT2D eigenvalue weighted by atomic mass is 9.98. The summed E-state index contributed by atoms with van der Waals surface area (Å²) in [7, 11) is 1.79. The normalized spacial score (nSPS) is 24.2. The van der Waals surface area contributed by atoms with Crippen molar-refractivity contribution in [2.75, 3.05) is 6.54 Å². The summed E-state index contributed by atoms with van der Waals surface area (Å²) in [6, 6.07) is 7.80. The van der Waals surface area contributed by atoms with Gasteiger partial charge in [-0.25, -0.2) is 9.37 Å². The minimum atomic E-state index is -0.198. The van der Waals surface area contributed by atoms with Crippen molar-refractivity contribution in [3.8, 4) is 0 Å². The van der Waals surface area contributed by atoms with E-state index in [2.05, 4.69) is 9.88 Å². The maximum Gasteiger partial charge on any atom is 0.256 e. The monoisotopic (exact) mass is 399 g/mol. The quantitative estimate of drug-likeness (QED) is 0.748. The molecule has 2 unspecified atom stereocenters. The molecule has 2 saturated heterocycles. The van der Waals surface area contributed by atoms with Gasteiger partial charge in [0.25, 0.3) is 5.56 Å². The summed E-state index contributed by atoms with van der Waals surface area (Å²) >= 11 is 0. The Labute approximate surface area is 171 Å². The first-order valence-corrected chi connectivity index (χ1v) is 10.6. The molecule has 4 rings (SSSR count). The van der Waals surface area contributed by atoms with E-state index in [1.54, 1.807) is 23.7 Å². The molecule has 0 aliphatic carbocycles. The molecule has 29 heavy (non-hydrogen) atoms. The molecule has 0 amide bonds. The van der Waals surface area contributed by atoms with Gasteiger partial charge in [0.2, 0.25) is 0 Å². The summed E-state index contributed by atoms with van der Waals surface area (Å²) in [5.74, 6) is 0.556. The molecule has 2 aromatic rings. The van der Waals surface area contributed by atoms with Crippen LogP contribution in [0, 0.1) is 19.7 Å². The van der Waals surface area contributed by atoms with Crippen LogP contribution < -0.4 is 5.56 Å². The van der Waals surface area contributed by atoms with Crippen LogP contribution in [0.4, 0.5) is 4.39 Å². The van der Waals surface area contributed by atoms with Crippen LogP contribution >= 0.6 is 0 Å². The third-order valence-electron chi connectivity index (χ3n) is 6.71. The molecule has 6 heteroatoms. The lowest BCUT2D eigenvalue weighted by molar-refractivity contribution is -0.0286. The molecule has 0 radical (unpaired) electrons. The van der Waals surface area contributed by atoms with Crippen LogP contribution in [0.1, 0.15) is 48.3 Å². The fourth-order valence-corrected chi connectivity index (χ4v) is 4.97. The molecule has 0 saturated carbocycles. The summed E-state index contributed by atoms with van der Waals surface area (Å²) in [5, 5.41) is 0. The number of aryl methyl sites for hydroxylation is 2. The van der Waals surface area contributed by atoms with Crippen LogP contribution in [0.15, 0.2) is 29.1 Å². The summed E-state index contributed by atoms with van der Waals surface area (Å²) < 4.78 is 21.5. The third kappa shape index (κ3) is 4.14. The molecule has 1 aromatic carbocycles. The second-order valence-electron chi connectivity index (χ2n) is 8.46. The minimum Gasteiger partial charge on any atom is -0.373 e. The zero-order chi connectivity index (χ0) is 20.5. The Morgan fingerprint density at radius 3 is 2.55 bits per heavy atom. The van der Waals surface area contributed by atoms with E-state index in [1.807, 2.05) is 19.9 Å². The molecular weight excluding hydrogens is 369 g/mol. The van der Waals surface area contributed by atoms with Gasteiger partial charge >= 0.3 is 0 Å². The summed E-state index contributed by atoms with van der Waals surface area (Å²) in [6.07, 6.45) is 5.22. The standard InChI is InChI=1S/C23H30FN3O2/c1-15-21(23(28)26(3)16(2)25-15)10-11-27-18-8-9-19(27)13-20(12-18)29-14-17-6-4-5-7-22(17)24/h4-7,18-20H,8-14H2,1-3H3. The van der Waals surface area contributed by atoms with Crippen molar-refractivity contribution >= 4 is 0 Å². The van der Waals surface area contributed by atoms with Gasteiger partial charge in [0, 0.05) is 42.5 Å². The number of hydrogen-bond acceptors (Lipinski definition) is 4. The van der Waals surface area contributed by atoms with Gasteiger partial charge in [0.15, 0.2) is 0 Å². The molecule has 2 fully saturated rings. The van der Waals surface area contributed by atoms with Gasteiger partial charge in [-0.3, -0.25) is 14.3 Å². The van der Waals surface area contributed by atoms with Crippen molar-refractivity contribution in [3.63, 3.8) is 0 Å². The molecule has 3 heterocycles. The predicted molar refractivity (Wildman–Crippen MR) is 110 cm³/mol. The Morgan fingerprint density at radius 1 is 1.17 bits per heavy atom. The fourth-order valence-electron chi connectivity index (χ4n) is 4.97. The fraction of sp³-hybridized carbons (Fsp3) is 0.565. The molecule has 2 aliphatic heterocycles. The maximum absolute atomic E-state index is 13.8. The van der Waals surface area contributed by atoms with Crippen LogP contribution in [0.3, 0.4) is 0 Å². The Balaban J connectivity index is 1.36. The van der Waals surface area contributed by atoms with Crippen LogP contribution in [-0.2, 0) is 24.8 Å². The highest BCUT2D eigenvalue weighted by molar-refractivity contribution is 5.18. The average Bonchev–Trinajstić information content (AvgIpc) is 2.93. The Bertz CT molecular complexity index is 928. The minimum absolute atomic E-state index is 0.0745. The Morgan fingerprint density at radius 2 is 1.86 bits per heavy atom. The highest BCUT2D eigenvalue weighted by Crippen LogP contribution is 2.37. The van der Waals surface area contributed by atoms with E-state index in [9.17, 15) is 9.18 Å². The van der Waals surface area contributed by atoms with Crippen LogP contribution in [-0.4, -0.2) is 39.2 Å². The number of ether oxygens (including phenoxy) is 1. The molecule has 1 aromatic heterocycles. The zero-order valence-electron chi connectivity index (χ0n) is 17.5. The van der Waals surface area contributed by atoms with Crippen molar-refractivity contribution in [3.05, 3.63) is 63.1 Å². The molecular formula is C23H30FN3O2. The highest BCUT2D eigenvalue weighted by atomic mass is 19.1. The molecule has 0 spiro atoms. The SMILES string of the molecule is Cc1nc(C)n(C)c(=O)c1CCN1C2CCC1CC(OCc1ccccc1F)C2. The number of halogens is 1. The first kappa shape index (κ1) is 20.2. The van der Waals surface area contributed by atoms with E-state index in [4.69, 9.17) is 4.74 Å². The second-order valence-corrected chi connectivity index (χ2v) is 8.46. The molecule has 2 aliphatic rings. The van der Waals surface area contributed by atoms with Crippen molar-refractivity contribution in [1.82, 2.24) is 14.5 Å². The van der Waals surface area contributed by atoms with Crippen molar-refractivity contribution in [1.29, 1.82) is 0 Å². The lowest BCUT2D eigenvalue weighted by Gasteiger charge is -2.39. The summed E-state index contributed by atoms with van der Waals surface area (Å²) in [6.45, 7) is 5.02. The number of hydrogen-bond donors (Lipinski definition) is 0. The average molecular weight is 400 g/mol. The van der Waals surface area contributed by atoms with E-state index in [0.717, 1.165) is 42.9 Å². The predicted octanol–water partition coefficient (Wildman–Crippen LogP) is 3.29. The highest BCUT2D eigenvalue weighted by Gasteiger charge is 2.40. The van der Waals surface area contributed by atoms with Gasteiger partial charge in [-0.1, -0.05) is 18.2 Å². The van der Waals surface area contributed by atoms with Crippen molar-refractivity contribution in [2.24, 2.45) is 7.05 Å². The number of aromatic nitrogens is 2. The summed E-state index contributed by atoms with van der Waals surface area (Å²) in [4.78, 5) is 19.7. The molecule has 5 nitrogen and oxygen atoms in total. The molecule has 156 valence electrons. The number of nitrogens with zero attached hydrogens (tertiary/aromatic N) is 3. The first-order valence-electron chi connectivity index (χ1n) is 10.6. The van der Waals surface area contributed by atoms with Gasteiger partial charge < -0.3 is 4.74 Å². The van der Waals surface area contributed by atoms with E-state index in [0.29, 0.717) is 24.3 Å². The van der Waals surface area contributed by atoms with Gasteiger partial charge in [-0.15, -0.1) is 0 Å². The molecule has 2 bridgehead atoms. The Hall–Kier alpha value is -2.05. The van der Waals surface area contributed by atoms with Crippen molar-refractivity contribution in [2.45, 2.75) is 70.7 Å². The second kappa shape index (κ2) is 8.36. The lowest BCUT2D eigenvalue weighted by Crippen LogP contribution is -2.46. The van der Waals surface area contributed by atoms with Gasteiger partial charge in [-0.05, 0) is 52.0 Å². The van der Waals surface area contributed by atoms with E-state index in [1.165, 1.54) is 18.9 Å². The maximum atomic E-state index is 13.8. The van der Waals surface area contributed by atoms with Crippen LogP contribution in [0.25, 0.3) is 0 Å². The number of piperidine rings is 1. The van der Waals surface area contributed by atoms with Crippen molar-refractivity contribution < 1.29 is 9.13 Å². The van der Waals surface area contributed by atoms with Crippen LogP contribution in [0.2, 0.25) is 0 Å². The smallest absolute Gasteiger partial charge is 0.256 e. The van der Waals surface area contributed by atoms with Crippen LogP contribution in [0.5, 0.6) is 0 Å². The van der Waals surface area contributed by atoms with E-state index < -0.39 is 0 Å². The topological polar surface area (TPSA) is 47.4 Å². The molecule has 2 atom stereocenters. The zero-order valence-corrected chi connectivity index (χ0v) is 17.5. The number of benzene rings is 1. The third-order valence-corrected chi connectivity index (χ3v) is 6.71. The molecule has 0 N–H and O–H groups in total. The van der Waals surface area contributed by atoms with Gasteiger partial charge in [-0.2, -0.15) is 0 Å². The van der Waals surface area contributed by atoms with Gasteiger partial charge in [0.1, 0.15) is 11.6 Å². The largest absolute Gasteiger partial charge is 0.373 e. The van der Waals surface area contributed by atoms with Gasteiger partial charge in [0.05, 0.1) is 12.7 Å². The number of rotatable bonds is 6. The Kier molecular flexibility index (Phi) is 5.83. The van der Waals surface area contributed by atoms with E-state index >= 15 is 0 Å².